The predicted octanol–water partition coefficient (Wildman–Crippen LogP) is 3.00. The van der Waals surface area contributed by atoms with Crippen LogP contribution in [0.2, 0.25) is 5.22 Å². The van der Waals surface area contributed by atoms with Gasteiger partial charge >= 0.3 is 5.97 Å². The maximum atomic E-state index is 12.2. The summed E-state index contributed by atoms with van der Waals surface area (Å²) in [6.07, 6.45) is 0. The second-order valence-corrected chi connectivity index (χ2v) is 4.35. The zero-order valence-electron chi connectivity index (χ0n) is 10.9. The van der Waals surface area contributed by atoms with Crippen molar-refractivity contribution >= 4 is 29.2 Å². The van der Waals surface area contributed by atoms with Gasteiger partial charge in [0, 0.05) is 7.05 Å². The number of ether oxygens (including phenoxy) is 1. The highest BCUT2D eigenvalue weighted by molar-refractivity contribution is 6.29. The average molecular weight is 294 g/mol. The van der Waals surface area contributed by atoms with Crippen molar-refractivity contribution in [1.29, 1.82) is 0 Å². The Morgan fingerprint density at radius 3 is 2.50 bits per heavy atom. The van der Waals surface area contributed by atoms with E-state index in [0.717, 1.165) is 0 Å². The molecule has 5 nitrogen and oxygen atoms in total. The van der Waals surface area contributed by atoms with Crippen molar-refractivity contribution in [2.45, 2.75) is 0 Å². The number of carbonyl (C=O) groups is 2. The van der Waals surface area contributed by atoms with Crippen LogP contribution in [0.4, 0.5) is 5.69 Å². The van der Waals surface area contributed by atoms with Crippen molar-refractivity contribution in [2.24, 2.45) is 0 Å². The molecule has 0 bridgehead atoms. The van der Waals surface area contributed by atoms with E-state index in [1.807, 2.05) is 0 Å². The normalized spacial score (nSPS) is 10.2. The summed E-state index contributed by atoms with van der Waals surface area (Å²) in [4.78, 5) is 25.2. The molecular formula is C14H12ClNO4. The van der Waals surface area contributed by atoms with E-state index in [9.17, 15) is 9.59 Å². The van der Waals surface area contributed by atoms with Gasteiger partial charge < -0.3 is 14.1 Å². The van der Waals surface area contributed by atoms with Gasteiger partial charge in [0.05, 0.1) is 18.4 Å². The topological polar surface area (TPSA) is 59.8 Å². The van der Waals surface area contributed by atoms with Gasteiger partial charge in [-0.1, -0.05) is 12.1 Å². The first-order valence-electron chi connectivity index (χ1n) is 5.75. The molecule has 0 N–H and O–H groups in total. The standard InChI is InChI=1S/C14H12ClNO4/c1-16(13(17)11-7-8-12(15)20-11)10-6-4-3-5-9(10)14(18)19-2/h3-8H,1-2H3. The predicted molar refractivity (Wildman–Crippen MR) is 74.2 cm³/mol. The fourth-order valence-corrected chi connectivity index (χ4v) is 1.90. The van der Waals surface area contributed by atoms with Gasteiger partial charge in [-0.15, -0.1) is 0 Å². The largest absolute Gasteiger partial charge is 0.465 e. The Morgan fingerprint density at radius 1 is 1.20 bits per heavy atom. The lowest BCUT2D eigenvalue weighted by Crippen LogP contribution is -2.27. The number of methoxy groups -OCH3 is 1. The van der Waals surface area contributed by atoms with E-state index in [1.165, 1.54) is 24.1 Å². The molecule has 6 heteroatoms. The molecule has 2 rings (SSSR count). The van der Waals surface area contributed by atoms with Gasteiger partial charge in [0.15, 0.2) is 11.0 Å². The second kappa shape index (κ2) is 5.79. The molecule has 1 heterocycles. The molecule has 2 aromatic rings. The maximum Gasteiger partial charge on any atom is 0.339 e. The number of rotatable bonds is 3. The Labute approximate surface area is 120 Å². The number of hydrogen-bond acceptors (Lipinski definition) is 4. The molecule has 0 fully saturated rings. The lowest BCUT2D eigenvalue weighted by atomic mass is 10.1. The molecule has 0 radical (unpaired) electrons. The number of hydrogen-bond donors (Lipinski definition) is 0. The first-order valence-corrected chi connectivity index (χ1v) is 6.13. The van der Waals surface area contributed by atoms with Gasteiger partial charge in [0.1, 0.15) is 0 Å². The minimum absolute atomic E-state index is 0.0946. The molecule has 0 aliphatic carbocycles. The number of para-hydroxylation sites is 1. The van der Waals surface area contributed by atoms with Gasteiger partial charge in [-0.25, -0.2) is 4.79 Å². The summed E-state index contributed by atoms with van der Waals surface area (Å²) in [7, 11) is 2.83. The van der Waals surface area contributed by atoms with Crippen molar-refractivity contribution < 1.29 is 18.7 Å². The zero-order chi connectivity index (χ0) is 14.7. The third-order valence-electron chi connectivity index (χ3n) is 2.76. The summed E-state index contributed by atoms with van der Waals surface area (Å²) in [6, 6.07) is 9.60. The Morgan fingerprint density at radius 2 is 1.90 bits per heavy atom. The summed E-state index contributed by atoms with van der Waals surface area (Å²) >= 11 is 5.65. The summed E-state index contributed by atoms with van der Waals surface area (Å²) in [5.74, 6) is -0.830. The third kappa shape index (κ3) is 2.67. The number of halogens is 1. The van der Waals surface area contributed by atoms with E-state index in [4.69, 9.17) is 20.8 Å². The van der Waals surface area contributed by atoms with Crippen molar-refractivity contribution in [3.8, 4) is 0 Å². The summed E-state index contributed by atoms with van der Waals surface area (Å²) in [5, 5.41) is 0.128. The van der Waals surface area contributed by atoms with Crippen LogP contribution >= 0.6 is 11.6 Å². The number of carbonyl (C=O) groups excluding carboxylic acids is 2. The molecule has 1 amide bonds. The van der Waals surface area contributed by atoms with Crippen LogP contribution in [-0.2, 0) is 4.74 Å². The minimum atomic E-state index is -0.516. The molecule has 0 unspecified atom stereocenters. The second-order valence-electron chi connectivity index (χ2n) is 3.98. The SMILES string of the molecule is COC(=O)c1ccccc1N(C)C(=O)c1ccc(Cl)o1. The van der Waals surface area contributed by atoms with Crippen molar-refractivity contribution in [3.05, 3.63) is 52.9 Å². The van der Waals surface area contributed by atoms with Crippen molar-refractivity contribution in [2.75, 3.05) is 19.1 Å². The highest BCUT2D eigenvalue weighted by Crippen LogP contribution is 2.23. The summed E-state index contributed by atoms with van der Waals surface area (Å²) in [5.41, 5.74) is 0.723. The Bertz CT molecular complexity index is 650. The van der Waals surface area contributed by atoms with E-state index in [-0.39, 0.29) is 11.0 Å². The Balaban J connectivity index is 2.36. The van der Waals surface area contributed by atoms with Gasteiger partial charge in [0.25, 0.3) is 5.91 Å². The lowest BCUT2D eigenvalue weighted by Gasteiger charge is -2.18. The zero-order valence-corrected chi connectivity index (χ0v) is 11.7. The van der Waals surface area contributed by atoms with Crippen LogP contribution in [0.1, 0.15) is 20.9 Å². The van der Waals surface area contributed by atoms with E-state index >= 15 is 0 Å². The van der Waals surface area contributed by atoms with Crippen molar-refractivity contribution in [3.63, 3.8) is 0 Å². The van der Waals surface area contributed by atoms with E-state index in [2.05, 4.69) is 0 Å². The fourth-order valence-electron chi connectivity index (χ4n) is 1.75. The van der Waals surface area contributed by atoms with Gasteiger partial charge in [-0.05, 0) is 35.9 Å². The van der Waals surface area contributed by atoms with E-state index in [0.29, 0.717) is 11.3 Å². The average Bonchev–Trinajstić information content (AvgIpc) is 2.91. The molecule has 0 atom stereocenters. The summed E-state index contributed by atoms with van der Waals surface area (Å²) < 4.78 is 9.77. The van der Waals surface area contributed by atoms with Crippen LogP contribution in [0.3, 0.4) is 0 Å². The van der Waals surface area contributed by atoms with Crippen LogP contribution < -0.4 is 4.90 Å². The quantitative estimate of drug-likeness (QED) is 0.816. The Hall–Kier alpha value is -2.27. The molecule has 1 aromatic heterocycles. The number of furan rings is 1. The number of anilines is 1. The summed E-state index contributed by atoms with van der Waals surface area (Å²) in [6.45, 7) is 0. The molecule has 0 saturated carbocycles. The Kier molecular flexibility index (Phi) is 4.10. The first kappa shape index (κ1) is 14.1. The number of amides is 1. The highest BCUT2D eigenvalue weighted by Gasteiger charge is 2.21. The number of nitrogens with zero attached hydrogens (tertiary/aromatic N) is 1. The van der Waals surface area contributed by atoms with Crippen LogP contribution in [0, 0.1) is 0 Å². The van der Waals surface area contributed by atoms with Gasteiger partial charge in [0.2, 0.25) is 0 Å². The van der Waals surface area contributed by atoms with Gasteiger partial charge in [-0.3, -0.25) is 4.79 Å². The smallest absolute Gasteiger partial charge is 0.339 e. The van der Waals surface area contributed by atoms with Crippen LogP contribution in [0.5, 0.6) is 0 Å². The molecule has 0 aliphatic rings. The van der Waals surface area contributed by atoms with E-state index in [1.54, 1.807) is 31.3 Å². The highest BCUT2D eigenvalue weighted by atomic mass is 35.5. The number of benzene rings is 1. The molecule has 0 aliphatic heterocycles. The van der Waals surface area contributed by atoms with E-state index < -0.39 is 11.9 Å². The first-order chi connectivity index (χ1) is 9.54. The van der Waals surface area contributed by atoms with Crippen molar-refractivity contribution in [1.82, 2.24) is 0 Å². The molecular weight excluding hydrogens is 282 g/mol. The monoisotopic (exact) mass is 293 g/mol. The lowest BCUT2D eigenvalue weighted by molar-refractivity contribution is 0.0601. The molecule has 1 aromatic carbocycles. The van der Waals surface area contributed by atoms with Crippen LogP contribution in [-0.4, -0.2) is 26.0 Å². The molecule has 0 saturated heterocycles. The van der Waals surface area contributed by atoms with Gasteiger partial charge in [-0.2, -0.15) is 0 Å². The third-order valence-corrected chi connectivity index (χ3v) is 2.96. The number of esters is 1. The minimum Gasteiger partial charge on any atom is -0.465 e. The molecule has 20 heavy (non-hydrogen) atoms. The van der Waals surface area contributed by atoms with Crippen LogP contribution in [0.15, 0.2) is 40.8 Å². The molecule has 104 valence electrons. The van der Waals surface area contributed by atoms with Crippen LogP contribution in [0.25, 0.3) is 0 Å². The fraction of sp³-hybridized carbons (Fsp3) is 0.143. The molecule has 0 spiro atoms. The maximum absolute atomic E-state index is 12.2.